The molecule has 1 aliphatic rings. The van der Waals surface area contributed by atoms with E-state index in [2.05, 4.69) is 5.32 Å². The minimum atomic E-state index is -1.27. The summed E-state index contributed by atoms with van der Waals surface area (Å²) in [4.78, 5) is 35.4. The van der Waals surface area contributed by atoms with Crippen molar-refractivity contribution in [1.29, 1.82) is 0 Å². The molecule has 1 aromatic carbocycles. The maximum absolute atomic E-state index is 12.6. The monoisotopic (exact) mass is 352 g/mol. The molecule has 1 atom stereocenters. The minimum absolute atomic E-state index is 0.184. The van der Waals surface area contributed by atoms with E-state index < -0.39 is 35.3 Å². The van der Waals surface area contributed by atoms with Crippen molar-refractivity contribution in [1.82, 2.24) is 9.88 Å². The number of carbonyl (C=O) groups excluding carboxylic acids is 1. The van der Waals surface area contributed by atoms with E-state index in [0.717, 1.165) is 0 Å². The summed E-state index contributed by atoms with van der Waals surface area (Å²) in [7, 11) is 0. The number of hydrogen-bond donors (Lipinski definition) is 3. The quantitative estimate of drug-likeness (QED) is 0.757. The van der Waals surface area contributed by atoms with E-state index in [1.165, 1.54) is 16.7 Å². The van der Waals surface area contributed by atoms with E-state index >= 15 is 0 Å². The number of aromatic nitrogens is 1. The van der Waals surface area contributed by atoms with Gasteiger partial charge in [-0.25, -0.2) is 0 Å². The van der Waals surface area contributed by atoms with Crippen LogP contribution in [0.2, 0.25) is 5.02 Å². The highest BCUT2D eigenvalue weighted by Gasteiger charge is 2.28. The third-order valence-electron chi connectivity index (χ3n) is 3.66. The number of halogens is 1. The molecule has 1 amide bonds. The number of benzene rings is 1. The summed E-state index contributed by atoms with van der Waals surface area (Å²) in [5.41, 5.74) is -0.900. The van der Waals surface area contributed by atoms with Gasteiger partial charge in [-0.15, -0.1) is 0 Å². The van der Waals surface area contributed by atoms with Crippen LogP contribution in [-0.4, -0.2) is 39.3 Å². The summed E-state index contributed by atoms with van der Waals surface area (Å²) >= 11 is 6.02. The first-order valence-electron chi connectivity index (χ1n) is 7.05. The van der Waals surface area contributed by atoms with Crippen molar-refractivity contribution >= 4 is 34.4 Å². The van der Waals surface area contributed by atoms with Crippen LogP contribution in [0, 0.1) is 0 Å². The molecule has 8 nitrogen and oxygen atoms in total. The van der Waals surface area contributed by atoms with Crippen molar-refractivity contribution < 1.29 is 24.5 Å². The summed E-state index contributed by atoms with van der Waals surface area (Å²) in [6.07, 6.45) is -0.337. The maximum atomic E-state index is 12.6. The predicted octanol–water partition coefficient (Wildman–Crippen LogP) is 0.956. The fourth-order valence-electron chi connectivity index (χ4n) is 2.73. The third kappa shape index (κ3) is 2.54. The van der Waals surface area contributed by atoms with Gasteiger partial charge in [0.25, 0.3) is 11.5 Å². The van der Waals surface area contributed by atoms with Gasteiger partial charge in [-0.05, 0) is 13.0 Å². The highest BCUT2D eigenvalue weighted by atomic mass is 35.5. The molecule has 0 bridgehead atoms. The van der Waals surface area contributed by atoms with E-state index in [-0.39, 0.29) is 23.1 Å². The molecular weight excluding hydrogens is 340 g/mol. The number of carboxylic acids is 1. The number of carboxylic acid groups (broad SMARTS) is 1. The molecular formula is C15H13ClN2O6. The smallest absolute Gasteiger partial charge is 0.322 e. The lowest BCUT2D eigenvalue weighted by Gasteiger charge is -2.26. The Morgan fingerprint density at radius 2 is 2.17 bits per heavy atom. The Labute approximate surface area is 140 Å². The van der Waals surface area contributed by atoms with Crippen molar-refractivity contribution in [3.63, 3.8) is 0 Å². The first kappa shape index (κ1) is 16.1. The number of nitrogens with zero attached hydrogens (tertiary/aromatic N) is 1. The number of pyridine rings is 1. The molecule has 0 spiro atoms. The van der Waals surface area contributed by atoms with Gasteiger partial charge in [0.05, 0.1) is 12.1 Å². The van der Waals surface area contributed by atoms with E-state index in [1.54, 1.807) is 6.92 Å². The van der Waals surface area contributed by atoms with Gasteiger partial charge in [0.2, 0.25) is 0 Å². The molecule has 9 heteroatoms. The molecule has 24 heavy (non-hydrogen) atoms. The lowest BCUT2D eigenvalue weighted by atomic mass is 10.1. The number of aliphatic carboxylic acids is 1. The van der Waals surface area contributed by atoms with Crippen LogP contribution in [0.25, 0.3) is 10.9 Å². The number of amides is 1. The maximum Gasteiger partial charge on any atom is 0.322 e. The number of rotatable bonds is 3. The number of hydrogen-bond acceptors (Lipinski definition) is 5. The lowest BCUT2D eigenvalue weighted by Crippen LogP contribution is -2.39. The van der Waals surface area contributed by atoms with Crippen LogP contribution in [-0.2, 0) is 11.3 Å². The van der Waals surface area contributed by atoms with Crippen LogP contribution in [0.5, 0.6) is 11.5 Å². The van der Waals surface area contributed by atoms with E-state index in [9.17, 15) is 19.5 Å². The van der Waals surface area contributed by atoms with Gasteiger partial charge in [0.1, 0.15) is 29.7 Å². The van der Waals surface area contributed by atoms with Crippen LogP contribution in [0.3, 0.4) is 0 Å². The van der Waals surface area contributed by atoms with Crippen molar-refractivity contribution in [2.24, 2.45) is 0 Å². The zero-order valence-corrected chi connectivity index (χ0v) is 13.3. The zero-order valence-electron chi connectivity index (χ0n) is 12.5. The summed E-state index contributed by atoms with van der Waals surface area (Å²) in [5.74, 6) is -2.46. The summed E-state index contributed by atoms with van der Waals surface area (Å²) in [5, 5.41) is 21.6. The molecule has 126 valence electrons. The van der Waals surface area contributed by atoms with Crippen molar-refractivity contribution in [2.45, 2.75) is 19.6 Å². The normalized spacial score (nSPS) is 15.8. The van der Waals surface area contributed by atoms with Crippen LogP contribution in [0.4, 0.5) is 0 Å². The Hall–Kier alpha value is -2.74. The molecule has 0 radical (unpaired) electrons. The molecule has 1 aliphatic heterocycles. The second-order valence-electron chi connectivity index (χ2n) is 5.44. The molecule has 1 unspecified atom stereocenters. The lowest BCUT2D eigenvalue weighted by molar-refractivity contribution is -0.135. The van der Waals surface area contributed by atoms with Gasteiger partial charge in [0, 0.05) is 16.5 Å². The summed E-state index contributed by atoms with van der Waals surface area (Å²) in [6.45, 7) is 1.26. The topological polar surface area (TPSA) is 118 Å². The molecule has 3 rings (SSSR count). The average molecular weight is 353 g/mol. The first-order valence-corrected chi connectivity index (χ1v) is 7.43. The fourth-order valence-corrected chi connectivity index (χ4v) is 2.94. The van der Waals surface area contributed by atoms with Crippen LogP contribution in [0.1, 0.15) is 17.3 Å². The second kappa shape index (κ2) is 5.72. The van der Waals surface area contributed by atoms with Gasteiger partial charge in [0.15, 0.2) is 0 Å². The molecule has 0 saturated carbocycles. The number of nitrogens with one attached hydrogen (secondary N) is 1. The molecule has 3 N–H and O–H groups in total. The fraction of sp³-hybridized carbons (Fsp3) is 0.267. The van der Waals surface area contributed by atoms with Crippen molar-refractivity contribution in [3.8, 4) is 11.5 Å². The third-order valence-corrected chi connectivity index (χ3v) is 3.87. The number of aromatic hydroxyl groups is 1. The van der Waals surface area contributed by atoms with Crippen molar-refractivity contribution in [2.75, 3.05) is 6.54 Å². The largest absolute Gasteiger partial charge is 0.506 e. The van der Waals surface area contributed by atoms with Crippen LogP contribution >= 0.6 is 11.6 Å². The molecule has 1 aromatic heterocycles. The molecule has 2 aromatic rings. The van der Waals surface area contributed by atoms with Gasteiger partial charge in [-0.3, -0.25) is 14.4 Å². The number of carbonyl (C=O) groups is 2. The van der Waals surface area contributed by atoms with Gasteiger partial charge in [-0.1, -0.05) is 11.6 Å². The second-order valence-corrected chi connectivity index (χ2v) is 5.88. The van der Waals surface area contributed by atoms with Crippen molar-refractivity contribution in [3.05, 3.63) is 33.1 Å². The first-order chi connectivity index (χ1) is 11.3. The van der Waals surface area contributed by atoms with E-state index in [0.29, 0.717) is 11.3 Å². The highest BCUT2D eigenvalue weighted by Crippen LogP contribution is 2.38. The Kier molecular flexibility index (Phi) is 3.84. The average Bonchev–Trinajstić information content (AvgIpc) is 2.49. The zero-order chi connectivity index (χ0) is 17.6. The Morgan fingerprint density at radius 3 is 2.83 bits per heavy atom. The van der Waals surface area contributed by atoms with E-state index in [4.69, 9.17) is 21.4 Å². The SMILES string of the molecule is CC1Cn2c(=O)c(C(=O)NCC(=O)O)c(O)c3cc(Cl)cc(c32)O1. The molecule has 0 fully saturated rings. The highest BCUT2D eigenvalue weighted by molar-refractivity contribution is 6.31. The van der Waals surface area contributed by atoms with Gasteiger partial charge < -0.3 is 24.8 Å². The summed E-state index contributed by atoms with van der Waals surface area (Å²) in [6, 6.07) is 2.94. The van der Waals surface area contributed by atoms with Crippen LogP contribution < -0.4 is 15.6 Å². The molecule has 2 heterocycles. The Balaban J connectivity index is 2.28. The van der Waals surface area contributed by atoms with Gasteiger partial charge >= 0.3 is 5.97 Å². The Bertz CT molecular complexity index is 936. The van der Waals surface area contributed by atoms with Crippen LogP contribution in [0.15, 0.2) is 16.9 Å². The standard InChI is InChI=1S/C15H13ClN2O6/c1-6-5-18-12-8(2-7(16)3-9(12)24-6)13(21)11(15(18)23)14(22)17-4-10(19)20/h2-3,6,21H,4-5H2,1H3,(H,17,22)(H,19,20). The minimum Gasteiger partial charge on any atom is -0.506 e. The summed E-state index contributed by atoms with van der Waals surface area (Å²) < 4.78 is 6.96. The predicted molar refractivity (Wildman–Crippen MR) is 84.9 cm³/mol. The number of ether oxygens (including phenoxy) is 1. The molecule has 0 saturated heterocycles. The van der Waals surface area contributed by atoms with E-state index in [1.807, 2.05) is 0 Å². The van der Waals surface area contributed by atoms with Gasteiger partial charge in [-0.2, -0.15) is 0 Å². The Morgan fingerprint density at radius 1 is 1.46 bits per heavy atom. The molecule has 0 aliphatic carbocycles.